The number of para-hydroxylation sites is 1. The van der Waals surface area contributed by atoms with Crippen molar-refractivity contribution in [1.82, 2.24) is 8.94 Å². The molecule has 0 fully saturated rings. The van der Waals surface area contributed by atoms with E-state index < -0.39 is 0 Å². The summed E-state index contributed by atoms with van der Waals surface area (Å²) in [5.41, 5.74) is 4.63. The van der Waals surface area contributed by atoms with E-state index in [4.69, 9.17) is 4.42 Å². The van der Waals surface area contributed by atoms with E-state index in [1.807, 2.05) is 42.1 Å². The van der Waals surface area contributed by atoms with Gasteiger partial charge < -0.3 is 8.98 Å². The van der Waals surface area contributed by atoms with Gasteiger partial charge in [-0.25, -0.2) is 4.37 Å². The van der Waals surface area contributed by atoms with Crippen molar-refractivity contribution < 1.29 is 9.21 Å². The summed E-state index contributed by atoms with van der Waals surface area (Å²) < 4.78 is 12.4. The van der Waals surface area contributed by atoms with Gasteiger partial charge >= 0.3 is 0 Å². The number of hydrogen-bond acceptors (Lipinski definition) is 5. The highest BCUT2D eigenvalue weighted by Crippen LogP contribution is 2.40. The van der Waals surface area contributed by atoms with Crippen molar-refractivity contribution in [3.8, 4) is 22.6 Å². The van der Waals surface area contributed by atoms with Gasteiger partial charge in [-0.05, 0) is 30.8 Å². The second kappa shape index (κ2) is 10.1. The van der Waals surface area contributed by atoms with Crippen molar-refractivity contribution in [2.24, 2.45) is 5.92 Å². The Bertz CT molecular complexity index is 1280. The lowest BCUT2D eigenvalue weighted by atomic mass is 9.99. The molecule has 0 bridgehead atoms. The molecule has 168 valence electrons. The van der Waals surface area contributed by atoms with Crippen LogP contribution in [-0.2, 0) is 13.0 Å². The Morgan fingerprint density at radius 1 is 1.22 bits per heavy atom. The normalized spacial score (nSPS) is 11.7. The minimum atomic E-state index is -0.265. The largest absolute Gasteiger partial charge is 0.454 e. The lowest BCUT2D eigenvalue weighted by Crippen LogP contribution is -2.20. The van der Waals surface area contributed by atoms with Crippen LogP contribution < -0.4 is 5.43 Å². The maximum atomic E-state index is 12.3. The maximum Gasteiger partial charge on any atom is 0.193 e. The van der Waals surface area contributed by atoms with E-state index in [-0.39, 0.29) is 16.8 Å². The Kier molecular flexibility index (Phi) is 7.46. The van der Waals surface area contributed by atoms with Crippen molar-refractivity contribution in [1.29, 1.82) is 0 Å². The van der Waals surface area contributed by atoms with E-state index in [1.165, 1.54) is 24.5 Å². The molecular weight excluding hydrogens is 420 g/mol. The number of aryl methyl sites for hydroxylation is 2. The third-order valence-electron chi connectivity index (χ3n) is 4.90. The summed E-state index contributed by atoms with van der Waals surface area (Å²) in [5, 5.41) is 3.06. The lowest BCUT2D eigenvalue weighted by Gasteiger charge is -2.18. The number of Topliss-reactive ketones (excluding diaryl/α,β-unsaturated/α-hetero) is 1. The van der Waals surface area contributed by atoms with Crippen LogP contribution in [0.1, 0.15) is 57.5 Å². The van der Waals surface area contributed by atoms with Gasteiger partial charge in [-0.15, -0.1) is 0 Å². The second-order valence-corrected chi connectivity index (χ2v) is 8.83. The van der Waals surface area contributed by atoms with Crippen LogP contribution in [-0.4, -0.2) is 14.7 Å². The minimum absolute atomic E-state index is 0.215. The highest BCUT2D eigenvalue weighted by Gasteiger charge is 2.25. The molecule has 1 aromatic carbocycles. The van der Waals surface area contributed by atoms with Crippen LogP contribution >= 0.6 is 11.5 Å². The Morgan fingerprint density at radius 2 is 1.94 bits per heavy atom. The van der Waals surface area contributed by atoms with Crippen LogP contribution in [0.15, 0.2) is 51.3 Å². The first-order chi connectivity index (χ1) is 15.4. The summed E-state index contributed by atoms with van der Waals surface area (Å²) in [6.45, 7) is 12.6. The van der Waals surface area contributed by atoms with Gasteiger partial charge in [-0.3, -0.25) is 9.59 Å². The molecule has 0 spiro atoms. The Labute approximate surface area is 192 Å². The van der Waals surface area contributed by atoms with E-state index in [0.29, 0.717) is 12.3 Å². The van der Waals surface area contributed by atoms with Gasteiger partial charge in [0.05, 0.1) is 11.3 Å². The van der Waals surface area contributed by atoms with Crippen LogP contribution in [0, 0.1) is 5.92 Å². The van der Waals surface area contributed by atoms with Gasteiger partial charge in [0.2, 0.25) is 0 Å². The molecule has 0 radical (unpaired) electrons. The summed E-state index contributed by atoms with van der Waals surface area (Å²) in [4.78, 5) is 24.0. The average Bonchev–Trinajstić information content (AvgIpc) is 3.42. The number of rotatable bonds is 2. The van der Waals surface area contributed by atoms with Gasteiger partial charge in [0.25, 0.3) is 0 Å². The smallest absolute Gasteiger partial charge is 0.193 e. The Balaban J connectivity index is 0.000000437. The Hall–Kier alpha value is -2.99. The molecule has 6 heteroatoms. The zero-order chi connectivity index (χ0) is 23.4. The highest BCUT2D eigenvalue weighted by molar-refractivity contribution is 7.03. The minimum Gasteiger partial charge on any atom is -0.454 e. The molecule has 0 atom stereocenters. The SMILES string of the molecule is CC.CC(=O)c1cn2c(cc1=O)-c1oc3c(-c4cnsc4)cccc3c1CC2.CC(C)C. The highest BCUT2D eigenvalue weighted by atomic mass is 32.1. The number of aromatic nitrogens is 2. The van der Waals surface area contributed by atoms with Crippen molar-refractivity contribution in [3.63, 3.8) is 0 Å². The van der Waals surface area contributed by atoms with E-state index in [2.05, 4.69) is 31.2 Å². The number of benzene rings is 1. The number of hydrogen-bond donors (Lipinski definition) is 0. The first-order valence-corrected chi connectivity index (χ1v) is 11.9. The van der Waals surface area contributed by atoms with Crippen LogP contribution in [0.4, 0.5) is 0 Å². The molecule has 0 amide bonds. The van der Waals surface area contributed by atoms with Crippen LogP contribution in [0.2, 0.25) is 0 Å². The van der Waals surface area contributed by atoms with Crippen LogP contribution in [0.25, 0.3) is 33.6 Å². The molecule has 3 aromatic heterocycles. The molecule has 0 aliphatic carbocycles. The summed E-state index contributed by atoms with van der Waals surface area (Å²) in [6.07, 6.45) is 4.28. The van der Waals surface area contributed by atoms with Crippen LogP contribution in [0.3, 0.4) is 0 Å². The topological polar surface area (TPSA) is 65.1 Å². The first kappa shape index (κ1) is 23.7. The molecular formula is C26H30N2O3S. The molecule has 0 saturated carbocycles. The fraction of sp³-hybridized carbons (Fsp3) is 0.346. The second-order valence-electron chi connectivity index (χ2n) is 8.17. The predicted molar refractivity (Wildman–Crippen MR) is 133 cm³/mol. The molecule has 0 N–H and O–H groups in total. The monoisotopic (exact) mass is 450 g/mol. The van der Waals surface area contributed by atoms with Crippen molar-refractivity contribution in [2.75, 3.05) is 0 Å². The number of carbonyl (C=O) groups is 1. The number of pyridine rings is 1. The van der Waals surface area contributed by atoms with Gasteiger partial charge in [0.1, 0.15) is 5.58 Å². The molecule has 5 nitrogen and oxygen atoms in total. The van der Waals surface area contributed by atoms with E-state index in [0.717, 1.165) is 45.7 Å². The molecule has 5 rings (SSSR count). The van der Waals surface area contributed by atoms with E-state index >= 15 is 0 Å². The van der Waals surface area contributed by atoms with Gasteiger partial charge in [-0.1, -0.05) is 52.8 Å². The average molecular weight is 451 g/mol. The number of fused-ring (bicyclic) bond motifs is 5. The molecule has 32 heavy (non-hydrogen) atoms. The first-order valence-electron chi connectivity index (χ1n) is 11.1. The summed E-state index contributed by atoms with van der Waals surface area (Å²) in [7, 11) is 0. The van der Waals surface area contributed by atoms with Crippen LogP contribution in [0.5, 0.6) is 0 Å². The van der Waals surface area contributed by atoms with Crippen molar-refractivity contribution in [2.45, 2.75) is 54.5 Å². The third kappa shape index (κ3) is 4.60. The molecule has 1 aliphatic heterocycles. The number of nitrogens with zero attached hydrogens (tertiary/aromatic N) is 2. The van der Waals surface area contributed by atoms with Gasteiger partial charge in [0.15, 0.2) is 17.0 Å². The quantitative estimate of drug-likeness (QED) is 0.314. The summed E-state index contributed by atoms with van der Waals surface area (Å²) in [5.74, 6) is 1.34. The zero-order valence-electron chi connectivity index (χ0n) is 19.6. The zero-order valence-corrected chi connectivity index (χ0v) is 20.4. The number of furan rings is 1. The summed E-state index contributed by atoms with van der Waals surface area (Å²) in [6, 6.07) is 7.61. The standard InChI is InChI=1S/C20H14N2O3S.C4H10.C2H6/c1-11(23)16-9-22-6-5-15-14-4-2-3-13(12-8-21-26-10-12)19(14)25-20(15)17(22)7-18(16)24;1-4(2)3;1-2/h2-4,7-10H,5-6H2,1H3;4H,1-3H3;1-2H3. The summed E-state index contributed by atoms with van der Waals surface area (Å²) >= 11 is 1.40. The molecule has 0 saturated heterocycles. The Morgan fingerprint density at radius 3 is 2.56 bits per heavy atom. The third-order valence-corrected chi connectivity index (χ3v) is 5.49. The number of carbonyl (C=O) groups excluding carboxylic acids is 1. The van der Waals surface area contributed by atoms with Gasteiger partial charge in [0, 0.05) is 52.5 Å². The fourth-order valence-corrected chi connectivity index (χ4v) is 4.18. The van der Waals surface area contributed by atoms with E-state index in [9.17, 15) is 9.59 Å². The number of ketones is 1. The predicted octanol–water partition coefficient (Wildman–Crippen LogP) is 6.83. The van der Waals surface area contributed by atoms with Gasteiger partial charge in [-0.2, -0.15) is 0 Å². The lowest BCUT2D eigenvalue weighted by molar-refractivity contribution is 0.101. The fourth-order valence-electron chi connectivity index (χ4n) is 3.64. The molecule has 0 unspecified atom stereocenters. The maximum absolute atomic E-state index is 12.3. The van der Waals surface area contributed by atoms with E-state index in [1.54, 1.807) is 6.20 Å². The van der Waals surface area contributed by atoms with Crippen molar-refractivity contribution >= 4 is 28.3 Å². The molecule has 4 heterocycles. The van der Waals surface area contributed by atoms with Crippen molar-refractivity contribution in [3.05, 3.63) is 63.4 Å². The molecule has 4 aromatic rings. The molecule has 1 aliphatic rings.